The molecule has 1 fully saturated rings. The second-order valence-corrected chi connectivity index (χ2v) is 8.47. The molecule has 0 bridgehead atoms. The molecule has 0 atom stereocenters. The Morgan fingerprint density at radius 2 is 1.82 bits per heavy atom. The number of carbonyl (C=O) groups excluding carboxylic acids is 1. The van der Waals surface area contributed by atoms with Crippen molar-refractivity contribution < 1.29 is 22.4 Å². The van der Waals surface area contributed by atoms with Gasteiger partial charge in [-0.15, -0.1) is 0 Å². The molecule has 2 heterocycles. The molecule has 0 aliphatic carbocycles. The van der Waals surface area contributed by atoms with E-state index in [1.807, 2.05) is 23.1 Å². The maximum Gasteiger partial charge on any atom is 0.416 e. The second-order valence-electron chi connectivity index (χ2n) is 8.06. The fourth-order valence-electron chi connectivity index (χ4n) is 3.89. The zero-order valence-corrected chi connectivity index (χ0v) is 18.6. The summed E-state index contributed by atoms with van der Waals surface area (Å²) in [4.78, 5) is 20.5. The van der Waals surface area contributed by atoms with Crippen LogP contribution in [0.4, 0.5) is 13.2 Å². The quantitative estimate of drug-likeness (QED) is 0.432. The summed E-state index contributed by atoms with van der Waals surface area (Å²) in [7, 11) is 0. The van der Waals surface area contributed by atoms with E-state index in [9.17, 15) is 18.0 Å². The van der Waals surface area contributed by atoms with E-state index in [1.54, 1.807) is 17.0 Å². The number of carbonyl (C=O) groups is 1. The van der Waals surface area contributed by atoms with Gasteiger partial charge in [0.15, 0.2) is 5.69 Å². The monoisotopic (exact) mass is 477 g/mol. The zero-order chi connectivity index (χ0) is 23.4. The van der Waals surface area contributed by atoms with Gasteiger partial charge in [0.2, 0.25) is 5.89 Å². The number of nitrogens with zero attached hydrogens (tertiary/aromatic N) is 3. The lowest BCUT2D eigenvalue weighted by Gasteiger charge is -2.22. The summed E-state index contributed by atoms with van der Waals surface area (Å²) in [5.41, 5.74) is 0.860. The van der Waals surface area contributed by atoms with Crippen LogP contribution in [0.15, 0.2) is 59.2 Å². The summed E-state index contributed by atoms with van der Waals surface area (Å²) in [6.07, 6.45) is -1.14. The standard InChI is InChI=1S/C24H23ClF3N3O2/c25-20-9-2-1-7-18(20)14-30(13-17-6-5-8-19(12-17)24(26,27)28)15-22-29-21(16-33-22)23(32)31-10-3-4-11-31/h1-2,5-9,12,16H,3-4,10-11,13-15H2. The molecular weight excluding hydrogens is 455 g/mol. The van der Waals surface area contributed by atoms with Crippen LogP contribution in [0.25, 0.3) is 0 Å². The first kappa shape index (κ1) is 23.3. The number of rotatable bonds is 7. The lowest BCUT2D eigenvalue weighted by molar-refractivity contribution is -0.137. The van der Waals surface area contributed by atoms with Gasteiger partial charge in [0.1, 0.15) is 6.26 Å². The van der Waals surface area contributed by atoms with E-state index < -0.39 is 11.7 Å². The van der Waals surface area contributed by atoms with Crippen LogP contribution in [0, 0.1) is 0 Å². The molecule has 174 valence electrons. The van der Waals surface area contributed by atoms with Gasteiger partial charge in [-0.1, -0.05) is 48.0 Å². The Labute approximate surface area is 194 Å². The Morgan fingerprint density at radius 3 is 2.55 bits per heavy atom. The van der Waals surface area contributed by atoms with Gasteiger partial charge in [0, 0.05) is 31.2 Å². The summed E-state index contributed by atoms with van der Waals surface area (Å²) in [5.74, 6) is 0.148. The van der Waals surface area contributed by atoms with Gasteiger partial charge < -0.3 is 9.32 Å². The van der Waals surface area contributed by atoms with E-state index in [2.05, 4.69) is 4.98 Å². The zero-order valence-electron chi connectivity index (χ0n) is 17.8. The maximum atomic E-state index is 13.2. The van der Waals surface area contributed by atoms with Crippen molar-refractivity contribution in [3.05, 3.63) is 88.1 Å². The van der Waals surface area contributed by atoms with Crippen molar-refractivity contribution in [3.8, 4) is 0 Å². The van der Waals surface area contributed by atoms with Crippen molar-refractivity contribution in [2.24, 2.45) is 0 Å². The summed E-state index contributed by atoms with van der Waals surface area (Å²) >= 11 is 6.31. The smallest absolute Gasteiger partial charge is 0.416 e. The van der Waals surface area contributed by atoms with Gasteiger partial charge in [-0.05, 0) is 36.1 Å². The average Bonchev–Trinajstić information content (AvgIpc) is 3.47. The summed E-state index contributed by atoms with van der Waals surface area (Å²) < 4.78 is 45.0. The number of oxazole rings is 1. The van der Waals surface area contributed by atoms with Crippen LogP contribution in [0.1, 0.15) is 45.9 Å². The van der Waals surface area contributed by atoms with Crippen LogP contribution >= 0.6 is 11.6 Å². The number of amides is 1. The highest BCUT2D eigenvalue weighted by molar-refractivity contribution is 6.31. The predicted octanol–water partition coefficient (Wildman–Crippen LogP) is 5.79. The molecule has 0 radical (unpaired) electrons. The van der Waals surface area contributed by atoms with Crippen molar-refractivity contribution in [2.45, 2.75) is 38.7 Å². The molecule has 1 aliphatic rings. The number of alkyl halides is 3. The van der Waals surface area contributed by atoms with E-state index in [4.69, 9.17) is 16.0 Å². The molecule has 1 aliphatic heterocycles. The predicted molar refractivity (Wildman–Crippen MR) is 117 cm³/mol. The average molecular weight is 478 g/mol. The number of hydrogen-bond donors (Lipinski definition) is 0. The van der Waals surface area contributed by atoms with Gasteiger partial charge in [-0.3, -0.25) is 9.69 Å². The normalized spacial score (nSPS) is 14.3. The molecular formula is C24H23ClF3N3O2. The Bertz CT molecular complexity index is 1110. The number of halogens is 4. The highest BCUT2D eigenvalue weighted by atomic mass is 35.5. The Balaban J connectivity index is 1.54. The number of hydrogen-bond acceptors (Lipinski definition) is 4. The van der Waals surface area contributed by atoms with Crippen LogP contribution in [0.3, 0.4) is 0 Å². The third-order valence-corrected chi connectivity index (χ3v) is 5.90. The molecule has 5 nitrogen and oxygen atoms in total. The summed E-state index contributed by atoms with van der Waals surface area (Å²) in [6.45, 7) is 2.19. The van der Waals surface area contributed by atoms with Crippen LogP contribution in [0.5, 0.6) is 0 Å². The maximum absolute atomic E-state index is 13.2. The van der Waals surface area contributed by atoms with Crippen molar-refractivity contribution >= 4 is 17.5 Å². The number of likely N-dealkylation sites (tertiary alicyclic amines) is 1. The minimum absolute atomic E-state index is 0.168. The van der Waals surface area contributed by atoms with Crippen LogP contribution < -0.4 is 0 Å². The molecule has 1 aromatic heterocycles. The molecule has 0 N–H and O–H groups in total. The summed E-state index contributed by atoms with van der Waals surface area (Å²) in [5, 5.41) is 0.559. The molecule has 0 saturated carbocycles. The molecule has 3 aromatic rings. The Morgan fingerprint density at radius 1 is 1.06 bits per heavy atom. The molecule has 0 unspecified atom stereocenters. The lowest BCUT2D eigenvalue weighted by Crippen LogP contribution is -2.28. The minimum atomic E-state index is -4.42. The van der Waals surface area contributed by atoms with E-state index in [0.29, 0.717) is 36.1 Å². The van der Waals surface area contributed by atoms with Gasteiger partial charge >= 0.3 is 6.18 Å². The molecule has 0 spiro atoms. The largest absolute Gasteiger partial charge is 0.447 e. The van der Waals surface area contributed by atoms with Crippen LogP contribution in [0.2, 0.25) is 5.02 Å². The fourth-order valence-corrected chi connectivity index (χ4v) is 4.09. The molecule has 1 saturated heterocycles. The van der Waals surface area contributed by atoms with E-state index >= 15 is 0 Å². The molecule has 33 heavy (non-hydrogen) atoms. The highest BCUT2D eigenvalue weighted by Crippen LogP contribution is 2.30. The first-order chi connectivity index (χ1) is 15.8. The van der Waals surface area contributed by atoms with Gasteiger partial charge in [-0.25, -0.2) is 4.98 Å². The van der Waals surface area contributed by atoms with Crippen LogP contribution in [-0.2, 0) is 25.8 Å². The van der Waals surface area contributed by atoms with Crippen molar-refractivity contribution in [2.75, 3.05) is 13.1 Å². The van der Waals surface area contributed by atoms with Crippen molar-refractivity contribution in [1.82, 2.24) is 14.8 Å². The van der Waals surface area contributed by atoms with Gasteiger partial charge in [0.25, 0.3) is 5.91 Å². The second kappa shape index (κ2) is 9.97. The fraction of sp³-hybridized carbons (Fsp3) is 0.333. The van der Waals surface area contributed by atoms with Crippen molar-refractivity contribution in [3.63, 3.8) is 0 Å². The van der Waals surface area contributed by atoms with Gasteiger partial charge in [0.05, 0.1) is 12.1 Å². The molecule has 1 amide bonds. The van der Waals surface area contributed by atoms with Crippen molar-refractivity contribution in [1.29, 1.82) is 0 Å². The first-order valence-electron chi connectivity index (χ1n) is 10.6. The molecule has 4 rings (SSSR count). The first-order valence-corrected chi connectivity index (χ1v) is 11.0. The Kier molecular flexibility index (Phi) is 7.05. The minimum Gasteiger partial charge on any atom is -0.447 e. The van der Waals surface area contributed by atoms with E-state index in [1.165, 1.54) is 12.3 Å². The SMILES string of the molecule is O=C(c1coc(CN(Cc2cccc(C(F)(F)F)c2)Cc2ccccc2Cl)n1)N1CCCC1. The third kappa shape index (κ3) is 5.94. The van der Waals surface area contributed by atoms with Crippen LogP contribution in [-0.4, -0.2) is 33.8 Å². The summed E-state index contributed by atoms with van der Waals surface area (Å²) in [6, 6.07) is 12.5. The third-order valence-electron chi connectivity index (χ3n) is 5.54. The van der Waals surface area contributed by atoms with E-state index in [-0.39, 0.29) is 24.7 Å². The van der Waals surface area contributed by atoms with E-state index in [0.717, 1.165) is 30.5 Å². The number of benzene rings is 2. The van der Waals surface area contributed by atoms with Gasteiger partial charge in [-0.2, -0.15) is 13.2 Å². The highest BCUT2D eigenvalue weighted by Gasteiger charge is 2.30. The number of aromatic nitrogens is 1. The molecule has 2 aromatic carbocycles. The topological polar surface area (TPSA) is 49.6 Å². The molecule has 9 heteroatoms. The Hall–Kier alpha value is -2.84. The lowest BCUT2D eigenvalue weighted by atomic mass is 10.1.